The van der Waals surface area contributed by atoms with E-state index in [0.29, 0.717) is 5.76 Å². The second-order valence-electron chi connectivity index (χ2n) is 5.78. The maximum Gasteiger partial charge on any atom is 0.0920 e. The summed E-state index contributed by atoms with van der Waals surface area (Å²) in [6, 6.07) is 21.2. The standard InChI is InChI=1S/C18H22OSi/c1-15(19)14-18(16-10-6-4-7-11-16)20(2,3)17-12-8-5-9-13-17/h4-14,18-19H,1-3H3/b15-14-. The average Bonchev–Trinajstić information content (AvgIpc) is 2.46. The van der Waals surface area contributed by atoms with Gasteiger partial charge in [-0.25, -0.2) is 0 Å². The maximum absolute atomic E-state index is 9.78. The molecule has 0 fully saturated rings. The minimum atomic E-state index is -1.75. The Kier molecular flexibility index (Phi) is 4.45. The first kappa shape index (κ1) is 14.6. The summed E-state index contributed by atoms with van der Waals surface area (Å²) in [4.78, 5) is 0. The third-order valence-electron chi connectivity index (χ3n) is 3.86. The second kappa shape index (κ2) is 6.10. The van der Waals surface area contributed by atoms with Crippen LogP contribution in [0.5, 0.6) is 0 Å². The summed E-state index contributed by atoms with van der Waals surface area (Å²) >= 11 is 0. The van der Waals surface area contributed by atoms with Crippen molar-refractivity contribution in [2.45, 2.75) is 25.6 Å². The van der Waals surface area contributed by atoms with Crippen molar-refractivity contribution in [1.29, 1.82) is 0 Å². The van der Waals surface area contributed by atoms with E-state index >= 15 is 0 Å². The fourth-order valence-electron chi connectivity index (χ4n) is 2.67. The van der Waals surface area contributed by atoms with Crippen LogP contribution in [-0.4, -0.2) is 13.2 Å². The fourth-order valence-corrected chi connectivity index (χ4v) is 5.76. The van der Waals surface area contributed by atoms with Crippen molar-refractivity contribution in [2.75, 3.05) is 0 Å². The van der Waals surface area contributed by atoms with E-state index in [1.54, 1.807) is 6.92 Å². The summed E-state index contributed by atoms with van der Waals surface area (Å²) in [5, 5.41) is 11.2. The molecule has 0 aliphatic heterocycles. The highest BCUT2D eigenvalue weighted by molar-refractivity contribution is 6.91. The van der Waals surface area contributed by atoms with Crippen molar-refractivity contribution in [1.82, 2.24) is 0 Å². The van der Waals surface area contributed by atoms with Gasteiger partial charge in [-0.2, -0.15) is 0 Å². The van der Waals surface area contributed by atoms with Crippen molar-refractivity contribution in [2.24, 2.45) is 0 Å². The molecule has 1 atom stereocenters. The van der Waals surface area contributed by atoms with Crippen molar-refractivity contribution < 1.29 is 5.11 Å². The number of hydrogen-bond acceptors (Lipinski definition) is 1. The Hall–Kier alpha value is -1.80. The van der Waals surface area contributed by atoms with E-state index in [2.05, 4.69) is 67.7 Å². The molecule has 2 aromatic rings. The number of aliphatic hydroxyl groups is 1. The first-order valence-corrected chi connectivity index (χ1v) is 10.1. The van der Waals surface area contributed by atoms with Crippen LogP contribution < -0.4 is 5.19 Å². The van der Waals surface area contributed by atoms with E-state index < -0.39 is 8.07 Å². The minimum absolute atomic E-state index is 0.274. The topological polar surface area (TPSA) is 20.2 Å². The second-order valence-corrected chi connectivity index (χ2v) is 10.4. The Labute approximate surface area is 122 Å². The van der Waals surface area contributed by atoms with Gasteiger partial charge in [0.05, 0.1) is 13.8 Å². The average molecular weight is 282 g/mol. The zero-order valence-corrected chi connectivity index (χ0v) is 13.4. The Bertz CT molecular complexity index is 569. The summed E-state index contributed by atoms with van der Waals surface area (Å²) in [6.45, 7) is 6.48. The maximum atomic E-state index is 9.78. The molecule has 0 aliphatic rings. The van der Waals surface area contributed by atoms with Crippen LogP contribution >= 0.6 is 0 Å². The fraction of sp³-hybridized carbons (Fsp3) is 0.222. The molecule has 104 valence electrons. The van der Waals surface area contributed by atoms with Gasteiger partial charge in [0.25, 0.3) is 0 Å². The quantitative estimate of drug-likeness (QED) is 0.651. The predicted octanol–water partition coefficient (Wildman–Crippen LogP) is 4.39. The van der Waals surface area contributed by atoms with Gasteiger partial charge >= 0.3 is 0 Å². The molecular weight excluding hydrogens is 260 g/mol. The van der Waals surface area contributed by atoms with Gasteiger partial charge in [0, 0.05) is 5.54 Å². The molecule has 2 heteroatoms. The number of hydrogen-bond donors (Lipinski definition) is 1. The van der Waals surface area contributed by atoms with E-state index in [1.165, 1.54) is 10.8 Å². The van der Waals surface area contributed by atoms with Crippen LogP contribution in [0.2, 0.25) is 13.1 Å². The number of rotatable bonds is 4. The Morgan fingerprint density at radius 1 is 0.950 bits per heavy atom. The lowest BCUT2D eigenvalue weighted by Crippen LogP contribution is -2.47. The van der Waals surface area contributed by atoms with Gasteiger partial charge in [-0.1, -0.05) is 78.9 Å². The van der Waals surface area contributed by atoms with Crippen LogP contribution in [0.1, 0.15) is 18.0 Å². The SMILES string of the molecule is C/C(O)=C/C(c1ccccc1)[Si](C)(C)c1ccccc1. The summed E-state index contributed by atoms with van der Waals surface area (Å²) in [7, 11) is -1.75. The summed E-state index contributed by atoms with van der Waals surface area (Å²) in [6.07, 6.45) is 2.01. The summed E-state index contributed by atoms with van der Waals surface area (Å²) in [5.41, 5.74) is 1.55. The van der Waals surface area contributed by atoms with Gasteiger partial charge in [0.1, 0.15) is 0 Å². The third-order valence-corrected chi connectivity index (χ3v) is 7.74. The molecule has 0 aliphatic carbocycles. The van der Waals surface area contributed by atoms with E-state index in [4.69, 9.17) is 0 Å². The lowest BCUT2D eigenvalue weighted by atomic mass is 10.1. The molecule has 20 heavy (non-hydrogen) atoms. The van der Waals surface area contributed by atoms with Crippen molar-refractivity contribution in [3.63, 3.8) is 0 Å². The van der Waals surface area contributed by atoms with Gasteiger partial charge in [0.2, 0.25) is 0 Å². The lowest BCUT2D eigenvalue weighted by molar-refractivity contribution is 0.411. The summed E-state index contributed by atoms with van der Waals surface area (Å²) < 4.78 is 0. The van der Waals surface area contributed by atoms with Crippen LogP contribution in [0.4, 0.5) is 0 Å². The number of benzene rings is 2. The highest BCUT2D eigenvalue weighted by atomic mass is 28.3. The van der Waals surface area contributed by atoms with Gasteiger partial charge in [-0.3, -0.25) is 0 Å². The van der Waals surface area contributed by atoms with Gasteiger partial charge in [-0.15, -0.1) is 0 Å². The highest BCUT2D eigenvalue weighted by Gasteiger charge is 2.33. The molecule has 1 nitrogen and oxygen atoms in total. The molecule has 0 aromatic heterocycles. The number of aliphatic hydroxyl groups excluding tert-OH is 1. The van der Waals surface area contributed by atoms with Crippen molar-refractivity contribution >= 4 is 13.3 Å². The molecule has 0 spiro atoms. The van der Waals surface area contributed by atoms with Crippen LogP contribution in [0.25, 0.3) is 0 Å². The molecule has 1 unspecified atom stereocenters. The van der Waals surface area contributed by atoms with Crippen molar-refractivity contribution in [3.05, 3.63) is 78.1 Å². The minimum Gasteiger partial charge on any atom is -0.513 e. The molecule has 0 bridgehead atoms. The van der Waals surface area contributed by atoms with Crippen LogP contribution in [0.3, 0.4) is 0 Å². The normalized spacial score (nSPS) is 14.1. The van der Waals surface area contributed by atoms with Crippen LogP contribution in [0, 0.1) is 0 Å². The number of allylic oxidation sites excluding steroid dienone is 2. The van der Waals surface area contributed by atoms with Gasteiger partial charge in [-0.05, 0) is 18.6 Å². The molecule has 0 saturated heterocycles. The monoisotopic (exact) mass is 282 g/mol. The first-order chi connectivity index (χ1) is 9.51. The molecule has 0 amide bonds. The van der Waals surface area contributed by atoms with E-state index in [9.17, 15) is 5.11 Å². The molecule has 1 N–H and O–H groups in total. The molecule has 0 radical (unpaired) electrons. The van der Waals surface area contributed by atoms with Gasteiger partial charge < -0.3 is 5.11 Å². The Morgan fingerprint density at radius 2 is 1.45 bits per heavy atom. The zero-order valence-electron chi connectivity index (χ0n) is 12.4. The lowest BCUT2D eigenvalue weighted by Gasteiger charge is -2.31. The first-order valence-electron chi connectivity index (χ1n) is 6.99. The third kappa shape index (κ3) is 3.20. The highest BCUT2D eigenvalue weighted by Crippen LogP contribution is 2.29. The predicted molar refractivity (Wildman–Crippen MR) is 89.1 cm³/mol. The molecule has 2 rings (SSSR count). The zero-order chi connectivity index (χ0) is 14.6. The molecule has 0 saturated carbocycles. The van der Waals surface area contributed by atoms with E-state index in [-0.39, 0.29) is 5.54 Å². The van der Waals surface area contributed by atoms with E-state index in [0.717, 1.165) is 0 Å². The van der Waals surface area contributed by atoms with Crippen LogP contribution in [0.15, 0.2) is 72.5 Å². The van der Waals surface area contributed by atoms with E-state index in [1.807, 2.05) is 12.1 Å². The molecule has 2 aromatic carbocycles. The smallest absolute Gasteiger partial charge is 0.0920 e. The van der Waals surface area contributed by atoms with Gasteiger partial charge in [0.15, 0.2) is 0 Å². The molecular formula is C18H22OSi. The van der Waals surface area contributed by atoms with Crippen LogP contribution in [-0.2, 0) is 0 Å². The molecule has 0 heterocycles. The Morgan fingerprint density at radius 3 is 1.95 bits per heavy atom. The summed E-state index contributed by atoms with van der Waals surface area (Å²) in [5.74, 6) is 0.398. The van der Waals surface area contributed by atoms with Crippen molar-refractivity contribution in [3.8, 4) is 0 Å². The largest absolute Gasteiger partial charge is 0.513 e. The Balaban J connectivity index is 2.49.